The number of likely N-dealkylation sites (N-methyl/N-ethyl adjacent to an activating group) is 1. The van der Waals surface area contributed by atoms with Crippen LogP contribution < -0.4 is 0 Å². The van der Waals surface area contributed by atoms with Crippen LogP contribution >= 0.6 is 0 Å². The Morgan fingerprint density at radius 2 is 1.81 bits per heavy atom. The van der Waals surface area contributed by atoms with E-state index in [4.69, 9.17) is 0 Å². The van der Waals surface area contributed by atoms with E-state index in [-0.39, 0.29) is 0 Å². The Morgan fingerprint density at radius 1 is 1.08 bits per heavy atom. The normalized spacial score (nSPS) is 22.5. The molecule has 2 fully saturated rings. The van der Waals surface area contributed by atoms with Crippen LogP contribution in [0, 0.1) is 12.8 Å². The summed E-state index contributed by atoms with van der Waals surface area (Å²) < 4.78 is 0. The maximum atomic E-state index is 12.8. The zero-order valence-corrected chi connectivity index (χ0v) is 16.6. The number of nitrogens with zero attached hydrogens (tertiary/aromatic N) is 3. The Morgan fingerprint density at radius 3 is 2.54 bits per heavy atom. The molecule has 1 atom stereocenters. The summed E-state index contributed by atoms with van der Waals surface area (Å²) >= 11 is 0. The van der Waals surface area contributed by atoms with Gasteiger partial charge < -0.3 is 9.80 Å². The van der Waals surface area contributed by atoms with Crippen molar-refractivity contribution in [3.8, 4) is 0 Å². The first-order valence-electron chi connectivity index (χ1n) is 10.4. The highest BCUT2D eigenvalue weighted by molar-refractivity contribution is 5.78. The van der Waals surface area contributed by atoms with Gasteiger partial charge in [0, 0.05) is 39.3 Å². The summed E-state index contributed by atoms with van der Waals surface area (Å²) in [6.07, 6.45) is 4.76. The quantitative estimate of drug-likeness (QED) is 0.783. The van der Waals surface area contributed by atoms with E-state index >= 15 is 0 Å². The Bertz CT molecular complexity index is 581. The summed E-state index contributed by atoms with van der Waals surface area (Å²) in [5, 5.41) is 0. The van der Waals surface area contributed by atoms with Crippen LogP contribution in [0.4, 0.5) is 0 Å². The van der Waals surface area contributed by atoms with Gasteiger partial charge in [0.1, 0.15) is 0 Å². The van der Waals surface area contributed by atoms with Crippen molar-refractivity contribution < 1.29 is 4.79 Å². The van der Waals surface area contributed by atoms with Gasteiger partial charge in [-0.05, 0) is 56.2 Å². The van der Waals surface area contributed by atoms with E-state index in [1.54, 1.807) is 0 Å². The molecule has 0 aromatic heterocycles. The molecule has 0 N–H and O–H groups in total. The zero-order valence-electron chi connectivity index (χ0n) is 16.6. The van der Waals surface area contributed by atoms with Gasteiger partial charge in [-0.2, -0.15) is 0 Å². The third kappa shape index (κ3) is 5.31. The first-order chi connectivity index (χ1) is 12.7. The van der Waals surface area contributed by atoms with Gasteiger partial charge in [0.25, 0.3) is 0 Å². The van der Waals surface area contributed by atoms with Crippen LogP contribution in [0.25, 0.3) is 0 Å². The lowest BCUT2D eigenvalue weighted by atomic mass is 9.90. The van der Waals surface area contributed by atoms with Crippen LogP contribution in [0.15, 0.2) is 24.3 Å². The fourth-order valence-corrected chi connectivity index (χ4v) is 4.33. The second-order valence-electron chi connectivity index (χ2n) is 8.02. The molecule has 26 heavy (non-hydrogen) atoms. The van der Waals surface area contributed by atoms with E-state index in [9.17, 15) is 4.79 Å². The van der Waals surface area contributed by atoms with Gasteiger partial charge in [-0.25, -0.2) is 0 Å². The highest BCUT2D eigenvalue weighted by atomic mass is 16.2. The van der Waals surface area contributed by atoms with Crippen molar-refractivity contribution in [2.45, 2.75) is 39.5 Å². The Hall–Kier alpha value is -1.39. The van der Waals surface area contributed by atoms with Gasteiger partial charge in [-0.15, -0.1) is 0 Å². The lowest BCUT2D eigenvalue weighted by molar-refractivity contribution is -0.134. The minimum absolute atomic E-state index is 0.343. The molecule has 3 rings (SSSR count). The van der Waals surface area contributed by atoms with Crippen LogP contribution in [-0.4, -0.2) is 73.0 Å². The number of rotatable bonds is 6. The summed E-state index contributed by atoms with van der Waals surface area (Å²) in [4.78, 5) is 19.7. The molecule has 2 aliphatic heterocycles. The van der Waals surface area contributed by atoms with Gasteiger partial charge in [0.2, 0.25) is 5.91 Å². The molecule has 0 bridgehead atoms. The zero-order chi connectivity index (χ0) is 18.4. The second-order valence-corrected chi connectivity index (χ2v) is 8.02. The number of piperidine rings is 1. The summed E-state index contributed by atoms with van der Waals surface area (Å²) in [7, 11) is 0. The molecule has 2 aliphatic rings. The monoisotopic (exact) mass is 357 g/mol. The average molecular weight is 358 g/mol. The molecule has 2 saturated heterocycles. The van der Waals surface area contributed by atoms with Crippen LogP contribution in [0.2, 0.25) is 0 Å². The minimum atomic E-state index is 0.343. The van der Waals surface area contributed by atoms with E-state index < -0.39 is 0 Å². The maximum Gasteiger partial charge on any atom is 0.236 e. The summed E-state index contributed by atoms with van der Waals surface area (Å²) in [6, 6.07) is 8.69. The van der Waals surface area contributed by atoms with Gasteiger partial charge >= 0.3 is 0 Å². The number of hydrogen-bond acceptors (Lipinski definition) is 3. The molecule has 0 radical (unpaired) electrons. The molecule has 0 saturated carbocycles. The third-order valence-corrected chi connectivity index (χ3v) is 6.23. The number of aryl methyl sites for hydroxylation is 2. The van der Waals surface area contributed by atoms with Crippen molar-refractivity contribution in [2.75, 3.05) is 52.4 Å². The van der Waals surface area contributed by atoms with Gasteiger partial charge in [0.05, 0.1) is 6.54 Å². The number of amides is 1. The lowest BCUT2D eigenvalue weighted by Gasteiger charge is -2.37. The summed E-state index contributed by atoms with van der Waals surface area (Å²) in [6.45, 7) is 12.3. The number of piperazine rings is 1. The molecule has 1 amide bonds. The van der Waals surface area contributed by atoms with E-state index in [2.05, 4.69) is 52.8 Å². The third-order valence-electron chi connectivity index (χ3n) is 6.23. The number of hydrogen-bond donors (Lipinski definition) is 0. The van der Waals surface area contributed by atoms with E-state index in [0.29, 0.717) is 18.4 Å². The van der Waals surface area contributed by atoms with Crippen molar-refractivity contribution in [1.82, 2.24) is 14.7 Å². The predicted molar refractivity (Wildman–Crippen MR) is 107 cm³/mol. The number of benzene rings is 1. The fourth-order valence-electron chi connectivity index (χ4n) is 4.33. The number of carbonyl (C=O) groups is 1. The largest absolute Gasteiger partial charge is 0.341 e. The Kier molecular flexibility index (Phi) is 7.09. The highest BCUT2D eigenvalue weighted by Gasteiger charge is 2.26. The molecule has 1 aromatic carbocycles. The molecular formula is C22H35N3O. The second kappa shape index (κ2) is 9.52. The fraction of sp³-hybridized carbons (Fsp3) is 0.682. The van der Waals surface area contributed by atoms with Crippen LogP contribution in [0.1, 0.15) is 37.3 Å². The van der Waals surface area contributed by atoms with Gasteiger partial charge in [-0.1, -0.05) is 31.2 Å². The van der Waals surface area contributed by atoms with Crippen molar-refractivity contribution >= 4 is 5.91 Å². The number of carbonyl (C=O) groups excluding carboxylic acids is 1. The molecule has 2 heterocycles. The molecule has 1 aromatic rings. The number of likely N-dealkylation sites (tertiary alicyclic amines) is 1. The van der Waals surface area contributed by atoms with Crippen molar-refractivity contribution in [2.24, 2.45) is 5.92 Å². The first kappa shape index (κ1) is 19.4. The summed E-state index contributed by atoms with van der Waals surface area (Å²) in [5.74, 6) is 1.000. The van der Waals surface area contributed by atoms with E-state index in [1.165, 1.54) is 24.0 Å². The molecule has 0 aliphatic carbocycles. The van der Waals surface area contributed by atoms with Crippen molar-refractivity contribution in [3.63, 3.8) is 0 Å². The van der Waals surface area contributed by atoms with Crippen LogP contribution in [-0.2, 0) is 11.2 Å². The minimum Gasteiger partial charge on any atom is -0.341 e. The first-order valence-corrected chi connectivity index (χ1v) is 10.4. The molecule has 1 unspecified atom stereocenters. The van der Waals surface area contributed by atoms with E-state index in [0.717, 1.165) is 58.7 Å². The van der Waals surface area contributed by atoms with E-state index in [1.807, 2.05) is 0 Å². The van der Waals surface area contributed by atoms with Crippen molar-refractivity contribution in [1.29, 1.82) is 0 Å². The lowest BCUT2D eigenvalue weighted by Crippen LogP contribution is -2.51. The van der Waals surface area contributed by atoms with Gasteiger partial charge in [0.15, 0.2) is 0 Å². The topological polar surface area (TPSA) is 26.8 Å². The van der Waals surface area contributed by atoms with Crippen LogP contribution in [0.3, 0.4) is 0 Å². The maximum absolute atomic E-state index is 12.8. The predicted octanol–water partition coefficient (Wildman–Crippen LogP) is 2.80. The average Bonchev–Trinajstić information content (AvgIpc) is 2.68. The van der Waals surface area contributed by atoms with Crippen molar-refractivity contribution in [3.05, 3.63) is 35.4 Å². The molecule has 4 nitrogen and oxygen atoms in total. The summed E-state index contributed by atoms with van der Waals surface area (Å²) in [5.41, 5.74) is 2.85. The Labute approximate surface area is 159 Å². The molecule has 0 spiro atoms. The van der Waals surface area contributed by atoms with Crippen LogP contribution in [0.5, 0.6) is 0 Å². The SMILES string of the molecule is CCN1CCN(CC(=O)N2CCCC(CCc3ccccc3C)C2)CC1. The highest BCUT2D eigenvalue weighted by Crippen LogP contribution is 2.23. The standard InChI is InChI=1S/C22H35N3O/c1-3-23-13-15-24(16-14-23)18-22(26)25-12-6-8-20(17-25)10-11-21-9-5-4-7-19(21)2/h4-5,7,9,20H,3,6,8,10-18H2,1-2H3. The Balaban J connectivity index is 1.44. The molecule has 4 heteroatoms. The molecule has 144 valence electrons. The molecular weight excluding hydrogens is 322 g/mol. The van der Waals surface area contributed by atoms with Gasteiger partial charge in [-0.3, -0.25) is 9.69 Å². The smallest absolute Gasteiger partial charge is 0.236 e.